The first kappa shape index (κ1) is 17.7. The maximum Gasteiger partial charge on any atom is 0.170 e. The first-order valence-electron chi connectivity index (χ1n) is 8.59. The molecule has 0 saturated carbocycles. The Morgan fingerprint density at radius 3 is 2.74 bits per heavy atom. The molecule has 0 radical (unpaired) electrons. The lowest BCUT2D eigenvalue weighted by Crippen LogP contribution is -2.29. The SMILES string of the molecule is CCCCNC(=S)Nc1ccc2c(c1)nc(CC)n2CC(C)C. The molecular formula is C18H28N4S. The molecule has 0 unspecified atom stereocenters. The number of rotatable bonds is 7. The zero-order valence-corrected chi connectivity index (χ0v) is 15.5. The molecule has 1 heterocycles. The second kappa shape index (κ2) is 8.29. The molecule has 0 bridgehead atoms. The molecule has 0 saturated heterocycles. The van der Waals surface area contributed by atoms with E-state index in [0.717, 1.165) is 49.4 Å². The molecule has 5 heteroatoms. The summed E-state index contributed by atoms with van der Waals surface area (Å²) in [7, 11) is 0. The summed E-state index contributed by atoms with van der Waals surface area (Å²) in [5.41, 5.74) is 3.22. The highest BCUT2D eigenvalue weighted by atomic mass is 32.1. The van der Waals surface area contributed by atoms with E-state index in [2.05, 4.69) is 61.1 Å². The molecule has 23 heavy (non-hydrogen) atoms. The summed E-state index contributed by atoms with van der Waals surface area (Å²) < 4.78 is 2.33. The minimum absolute atomic E-state index is 0.603. The van der Waals surface area contributed by atoms with Crippen LogP contribution in [0, 0.1) is 5.92 Å². The van der Waals surface area contributed by atoms with E-state index in [1.807, 2.05) is 0 Å². The third-order valence-corrected chi connectivity index (χ3v) is 4.01. The third-order valence-electron chi connectivity index (χ3n) is 3.76. The van der Waals surface area contributed by atoms with Gasteiger partial charge in [0.15, 0.2) is 5.11 Å². The summed E-state index contributed by atoms with van der Waals surface area (Å²) >= 11 is 5.34. The number of unbranched alkanes of at least 4 members (excludes halogenated alkanes) is 1. The quantitative estimate of drug-likeness (QED) is 0.584. The van der Waals surface area contributed by atoms with Crippen LogP contribution in [0.2, 0.25) is 0 Å². The van der Waals surface area contributed by atoms with Crippen molar-refractivity contribution < 1.29 is 0 Å². The molecule has 0 aliphatic carbocycles. The smallest absolute Gasteiger partial charge is 0.170 e. The molecular weight excluding hydrogens is 304 g/mol. The molecule has 2 N–H and O–H groups in total. The van der Waals surface area contributed by atoms with Crippen molar-refractivity contribution in [2.24, 2.45) is 5.92 Å². The van der Waals surface area contributed by atoms with E-state index in [1.165, 1.54) is 5.52 Å². The number of hydrogen-bond acceptors (Lipinski definition) is 2. The summed E-state index contributed by atoms with van der Waals surface area (Å²) in [5, 5.41) is 7.16. The monoisotopic (exact) mass is 332 g/mol. The maximum absolute atomic E-state index is 5.34. The number of nitrogens with one attached hydrogen (secondary N) is 2. The van der Waals surface area contributed by atoms with Crippen LogP contribution in [0.3, 0.4) is 0 Å². The number of imidazole rings is 1. The number of benzene rings is 1. The highest BCUT2D eigenvalue weighted by Gasteiger charge is 2.11. The number of nitrogens with zero attached hydrogens (tertiary/aromatic N) is 2. The zero-order valence-electron chi connectivity index (χ0n) is 14.6. The van der Waals surface area contributed by atoms with Gasteiger partial charge in [-0.1, -0.05) is 34.1 Å². The van der Waals surface area contributed by atoms with Crippen molar-refractivity contribution in [3.63, 3.8) is 0 Å². The Bertz CT molecular complexity index is 660. The molecule has 0 amide bonds. The summed E-state index contributed by atoms with van der Waals surface area (Å²) in [6, 6.07) is 6.30. The number of aryl methyl sites for hydroxylation is 1. The van der Waals surface area contributed by atoms with E-state index in [0.29, 0.717) is 11.0 Å². The first-order chi connectivity index (χ1) is 11.0. The topological polar surface area (TPSA) is 41.9 Å². The first-order valence-corrected chi connectivity index (χ1v) is 9.00. The van der Waals surface area contributed by atoms with Gasteiger partial charge in [0.05, 0.1) is 11.0 Å². The summed E-state index contributed by atoms with van der Waals surface area (Å²) in [4.78, 5) is 4.79. The zero-order chi connectivity index (χ0) is 16.8. The van der Waals surface area contributed by atoms with Crippen LogP contribution in [-0.4, -0.2) is 21.2 Å². The second-order valence-corrected chi connectivity index (χ2v) is 6.73. The third kappa shape index (κ3) is 4.67. The normalized spacial score (nSPS) is 11.2. The van der Waals surface area contributed by atoms with Crippen LogP contribution in [0.25, 0.3) is 11.0 Å². The van der Waals surface area contributed by atoms with E-state index < -0.39 is 0 Å². The van der Waals surface area contributed by atoms with E-state index in [4.69, 9.17) is 17.2 Å². The van der Waals surface area contributed by atoms with Gasteiger partial charge in [0, 0.05) is 25.2 Å². The number of anilines is 1. The van der Waals surface area contributed by atoms with Crippen molar-refractivity contribution in [3.05, 3.63) is 24.0 Å². The molecule has 2 aromatic rings. The summed E-state index contributed by atoms with van der Waals surface area (Å²) in [5.74, 6) is 1.75. The van der Waals surface area contributed by atoms with E-state index >= 15 is 0 Å². The van der Waals surface area contributed by atoms with Crippen molar-refractivity contribution in [2.45, 2.75) is 53.5 Å². The fourth-order valence-corrected chi connectivity index (χ4v) is 2.87. The van der Waals surface area contributed by atoms with Gasteiger partial charge in [-0.25, -0.2) is 4.98 Å². The Morgan fingerprint density at radius 1 is 1.30 bits per heavy atom. The van der Waals surface area contributed by atoms with Gasteiger partial charge >= 0.3 is 0 Å². The average Bonchev–Trinajstić information content (AvgIpc) is 2.84. The molecule has 1 aromatic heterocycles. The molecule has 0 fully saturated rings. The Balaban J connectivity index is 2.17. The van der Waals surface area contributed by atoms with Crippen molar-refractivity contribution in [3.8, 4) is 0 Å². The number of aromatic nitrogens is 2. The number of thiocarbonyl (C=S) groups is 1. The van der Waals surface area contributed by atoms with Crippen LogP contribution in [0.5, 0.6) is 0 Å². The van der Waals surface area contributed by atoms with E-state index in [-0.39, 0.29) is 0 Å². The summed E-state index contributed by atoms with van der Waals surface area (Å²) in [6.45, 7) is 10.7. The van der Waals surface area contributed by atoms with E-state index in [9.17, 15) is 0 Å². The Kier molecular flexibility index (Phi) is 6.39. The van der Waals surface area contributed by atoms with Crippen LogP contribution >= 0.6 is 12.2 Å². The van der Waals surface area contributed by atoms with Crippen molar-refractivity contribution in [1.82, 2.24) is 14.9 Å². The van der Waals surface area contributed by atoms with Crippen molar-refractivity contribution in [1.29, 1.82) is 0 Å². The highest BCUT2D eigenvalue weighted by molar-refractivity contribution is 7.80. The lowest BCUT2D eigenvalue weighted by molar-refractivity contribution is 0.518. The largest absolute Gasteiger partial charge is 0.362 e. The average molecular weight is 333 g/mol. The van der Waals surface area contributed by atoms with Gasteiger partial charge in [-0.15, -0.1) is 0 Å². The fraction of sp³-hybridized carbons (Fsp3) is 0.556. The summed E-state index contributed by atoms with van der Waals surface area (Å²) in [6.07, 6.45) is 3.23. The molecule has 126 valence electrons. The molecule has 2 rings (SSSR count). The lowest BCUT2D eigenvalue weighted by atomic mass is 10.2. The van der Waals surface area contributed by atoms with Gasteiger partial charge in [-0.2, -0.15) is 0 Å². The Morgan fingerprint density at radius 2 is 2.09 bits per heavy atom. The van der Waals surface area contributed by atoms with Gasteiger partial charge < -0.3 is 15.2 Å². The molecule has 0 aliphatic heterocycles. The van der Waals surface area contributed by atoms with Crippen LogP contribution in [-0.2, 0) is 13.0 Å². The van der Waals surface area contributed by atoms with Crippen LogP contribution in [0.4, 0.5) is 5.69 Å². The molecule has 0 spiro atoms. The fourth-order valence-electron chi connectivity index (χ4n) is 2.65. The predicted molar refractivity (Wildman–Crippen MR) is 103 cm³/mol. The van der Waals surface area contributed by atoms with Crippen molar-refractivity contribution >= 4 is 34.1 Å². The lowest BCUT2D eigenvalue weighted by Gasteiger charge is -2.12. The molecule has 4 nitrogen and oxygen atoms in total. The molecule has 0 aliphatic rings. The van der Waals surface area contributed by atoms with Crippen LogP contribution < -0.4 is 10.6 Å². The predicted octanol–water partition coefficient (Wildman–Crippen LogP) is 4.34. The maximum atomic E-state index is 5.34. The number of hydrogen-bond donors (Lipinski definition) is 2. The van der Waals surface area contributed by atoms with Crippen molar-refractivity contribution in [2.75, 3.05) is 11.9 Å². The number of fused-ring (bicyclic) bond motifs is 1. The second-order valence-electron chi connectivity index (χ2n) is 6.32. The van der Waals surface area contributed by atoms with Gasteiger partial charge in [0.25, 0.3) is 0 Å². The van der Waals surface area contributed by atoms with Crippen LogP contribution in [0.1, 0.15) is 46.4 Å². The molecule has 0 atom stereocenters. The van der Waals surface area contributed by atoms with Gasteiger partial charge in [0.1, 0.15) is 5.82 Å². The minimum atomic E-state index is 0.603. The minimum Gasteiger partial charge on any atom is -0.362 e. The van der Waals surface area contributed by atoms with Gasteiger partial charge in [-0.3, -0.25) is 0 Å². The van der Waals surface area contributed by atoms with E-state index in [1.54, 1.807) is 0 Å². The molecule has 1 aromatic carbocycles. The van der Waals surface area contributed by atoms with Gasteiger partial charge in [0.2, 0.25) is 0 Å². The standard InChI is InChI=1S/C18H28N4S/c1-5-7-10-19-18(23)20-14-8-9-16-15(11-14)21-17(6-2)22(16)12-13(3)4/h8-9,11,13H,5-7,10,12H2,1-4H3,(H2,19,20,23). The van der Waals surface area contributed by atoms with Crippen LogP contribution in [0.15, 0.2) is 18.2 Å². The Hall–Kier alpha value is -1.62. The van der Waals surface area contributed by atoms with Gasteiger partial charge in [-0.05, 0) is 42.8 Å². The Labute approximate surface area is 144 Å². The highest BCUT2D eigenvalue weighted by Crippen LogP contribution is 2.22.